The summed E-state index contributed by atoms with van der Waals surface area (Å²) < 4.78 is 28.6. The van der Waals surface area contributed by atoms with Gasteiger partial charge in [-0.15, -0.1) is 0 Å². The number of halogens is 2. The van der Waals surface area contributed by atoms with Gasteiger partial charge in [0.05, 0.1) is 0 Å². The fraction of sp³-hybridized carbons (Fsp3) is 1.00. The second kappa shape index (κ2) is 2.01. The third kappa shape index (κ3) is 1.08. The Bertz CT molecular complexity index is 206. The van der Waals surface area contributed by atoms with Crippen molar-refractivity contribution in [1.29, 1.82) is 0 Å². The van der Waals surface area contributed by atoms with Crippen molar-refractivity contribution in [1.82, 2.24) is 0 Å². The van der Waals surface area contributed by atoms with E-state index in [1.165, 1.54) is 0 Å². The van der Waals surface area contributed by atoms with Crippen LogP contribution in [0.15, 0.2) is 0 Å². The quantitative estimate of drug-likeness (QED) is 0.640. The Balaban J connectivity index is 2.08. The molecule has 2 unspecified atom stereocenters. The van der Waals surface area contributed by atoms with Crippen molar-refractivity contribution in [3.05, 3.63) is 0 Å². The summed E-state index contributed by atoms with van der Waals surface area (Å²) in [5.41, 5.74) is 2.72. The summed E-state index contributed by atoms with van der Waals surface area (Å²) >= 11 is 0. The van der Waals surface area contributed by atoms with Gasteiger partial charge in [0.15, 0.2) is 0 Å². The smallest absolute Gasteiger partial charge is 0.116 e. The van der Waals surface area contributed by atoms with E-state index in [0.717, 1.165) is 6.42 Å². The summed E-state index contributed by atoms with van der Waals surface area (Å²) in [6.45, 7) is 1.99. The van der Waals surface area contributed by atoms with Gasteiger partial charge in [-0.25, -0.2) is 8.78 Å². The van der Waals surface area contributed by atoms with Crippen LogP contribution in [0.1, 0.15) is 45.4 Å². The van der Waals surface area contributed by atoms with Crippen LogP contribution < -0.4 is 5.73 Å². The molecule has 0 saturated heterocycles. The first-order valence-corrected chi connectivity index (χ1v) is 5.41. The molecule has 1 nitrogen and oxygen atoms in total. The van der Waals surface area contributed by atoms with Gasteiger partial charge in [0.25, 0.3) is 0 Å². The van der Waals surface area contributed by atoms with Crippen LogP contribution >= 0.6 is 0 Å². The molecule has 4 saturated carbocycles. The summed E-state index contributed by atoms with van der Waals surface area (Å²) in [7, 11) is 0. The van der Waals surface area contributed by atoms with Crippen molar-refractivity contribution >= 4 is 0 Å². The highest BCUT2D eigenvalue weighted by atomic mass is 19.2. The second-order valence-electron chi connectivity index (χ2n) is 6.54. The molecule has 0 heterocycles. The van der Waals surface area contributed by atoms with Crippen molar-refractivity contribution in [3.8, 4) is 0 Å². The molecule has 4 aliphatic rings. The largest absolute Gasteiger partial charge is 0.325 e. The number of nitrogens with two attached hydrogens (primary N) is 1. The van der Waals surface area contributed by atoms with Crippen LogP contribution in [0.3, 0.4) is 0 Å². The van der Waals surface area contributed by atoms with Gasteiger partial charge in [-0.1, -0.05) is 6.92 Å². The number of alkyl halides is 2. The van der Waals surface area contributed by atoms with Crippen LogP contribution in [0.5, 0.6) is 0 Å². The molecule has 2 atom stereocenters. The highest BCUT2D eigenvalue weighted by Gasteiger charge is 2.67. The third-order valence-electron chi connectivity index (χ3n) is 4.24. The minimum absolute atomic E-state index is 0.0918. The fourth-order valence-electron chi connectivity index (χ4n) is 4.96. The minimum atomic E-state index is -1.31. The number of hydrogen-bond donors (Lipinski definition) is 1. The lowest BCUT2D eigenvalue weighted by atomic mass is 9.45. The normalized spacial score (nSPS) is 66.0. The minimum Gasteiger partial charge on any atom is -0.325 e. The van der Waals surface area contributed by atoms with Gasteiger partial charge in [-0.05, 0) is 37.5 Å². The van der Waals surface area contributed by atoms with Gasteiger partial charge in [0.1, 0.15) is 11.3 Å². The standard InChI is InChI=1S/C11H17F2N/c1-8-2-9(12)5-10(13,3-8)7-11(14,4-8)6-9/h2-7,14H2,1H3. The first-order chi connectivity index (χ1) is 6.24. The Labute approximate surface area is 83.0 Å². The lowest BCUT2D eigenvalue weighted by Crippen LogP contribution is -2.69. The van der Waals surface area contributed by atoms with Gasteiger partial charge >= 0.3 is 0 Å². The van der Waals surface area contributed by atoms with Gasteiger partial charge in [0, 0.05) is 12.0 Å². The van der Waals surface area contributed by atoms with Crippen molar-refractivity contribution in [3.63, 3.8) is 0 Å². The van der Waals surface area contributed by atoms with Crippen molar-refractivity contribution < 1.29 is 8.78 Å². The molecule has 0 aromatic carbocycles. The Morgan fingerprint density at radius 3 is 1.71 bits per heavy atom. The van der Waals surface area contributed by atoms with E-state index in [2.05, 4.69) is 0 Å². The van der Waals surface area contributed by atoms with Crippen LogP contribution in [0, 0.1) is 5.41 Å². The molecule has 4 rings (SSSR count). The zero-order valence-corrected chi connectivity index (χ0v) is 8.58. The first kappa shape index (κ1) is 9.08. The Hall–Kier alpha value is -0.180. The molecule has 0 aromatic heterocycles. The fourth-order valence-corrected chi connectivity index (χ4v) is 4.96. The van der Waals surface area contributed by atoms with Crippen LogP contribution in [0.2, 0.25) is 0 Å². The van der Waals surface area contributed by atoms with E-state index in [1.54, 1.807) is 0 Å². The number of rotatable bonds is 0. The topological polar surface area (TPSA) is 26.0 Å². The molecular weight excluding hydrogens is 184 g/mol. The molecular formula is C11H17F2N. The summed E-state index contributed by atoms with van der Waals surface area (Å²) in [5, 5.41) is 0. The van der Waals surface area contributed by atoms with Crippen LogP contribution in [0.25, 0.3) is 0 Å². The average Bonchev–Trinajstić information content (AvgIpc) is 1.67. The predicted octanol–water partition coefficient (Wildman–Crippen LogP) is 2.49. The van der Waals surface area contributed by atoms with Gasteiger partial charge in [-0.2, -0.15) is 0 Å². The Morgan fingerprint density at radius 2 is 1.36 bits per heavy atom. The Kier molecular flexibility index (Phi) is 1.31. The molecule has 14 heavy (non-hydrogen) atoms. The van der Waals surface area contributed by atoms with Crippen molar-refractivity contribution in [2.75, 3.05) is 0 Å². The van der Waals surface area contributed by atoms with E-state index < -0.39 is 16.9 Å². The highest BCUT2D eigenvalue weighted by molar-refractivity contribution is 5.20. The van der Waals surface area contributed by atoms with Crippen LogP contribution in [-0.2, 0) is 0 Å². The lowest BCUT2D eigenvalue weighted by molar-refractivity contribution is -0.176. The highest BCUT2D eigenvalue weighted by Crippen LogP contribution is 2.65. The average molecular weight is 201 g/mol. The molecule has 4 fully saturated rings. The molecule has 4 bridgehead atoms. The maximum atomic E-state index is 14.3. The van der Waals surface area contributed by atoms with E-state index in [0.29, 0.717) is 25.7 Å². The summed E-state index contributed by atoms with van der Waals surface area (Å²) in [5.74, 6) is 0. The van der Waals surface area contributed by atoms with Crippen LogP contribution in [-0.4, -0.2) is 16.9 Å². The van der Waals surface area contributed by atoms with Gasteiger partial charge in [0.2, 0.25) is 0 Å². The van der Waals surface area contributed by atoms with Gasteiger partial charge < -0.3 is 5.73 Å². The molecule has 0 aromatic rings. The molecule has 80 valence electrons. The summed E-state index contributed by atoms with van der Waals surface area (Å²) in [4.78, 5) is 0. The molecule has 2 N–H and O–H groups in total. The first-order valence-electron chi connectivity index (χ1n) is 5.41. The maximum Gasteiger partial charge on any atom is 0.116 e. The zero-order valence-electron chi connectivity index (χ0n) is 8.58. The molecule has 0 aliphatic heterocycles. The van der Waals surface area contributed by atoms with Crippen LogP contribution in [0.4, 0.5) is 8.78 Å². The van der Waals surface area contributed by atoms with Crippen molar-refractivity contribution in [2.45, 2.75) is 62.3 Å². The molecule has 3 heteroatoms. The monoisotopic (exact) mass is 201 g/mol. The second-order valence-corrected chi connectivity index (χ2v) is 6.54. The van der Waals surface area contributed by atoms with E-state index in [-0.39, 0.29) is 11.8 Å². The molecule has 0 radical (unpaired) electrons. The zero-order chi connectivity index (χ0) is 10.2. The Morgan fingerprint density at radius 1 is 0.857 bits per heavy atom. The van der Waals surface area contributed by atoms with E-state index in [1.807, 2.05) is 6.92 Å². The molecule has 0 amide bonds. The van der Waals surface area contributed by atoms with Gasteiger partial charge in [-0.3, -0.25) is 0 Å². The summed E-state index contributed by atoms with van der Waals surface area (Å²) in [6.07, 6.45) is 2.68. The lowest BCUT2D eigenvalue weighted by Gasteiger charge is -2.64. The third-order valence-corrected chi connectivity index (χ3v) is 4.24. The van der Waals surface area contributed by atoms with E-state index in [4.69, 9.17) is 5.73 Å². The molecule has 4 aliphatic carbocycles. The summed E-state index contributed by atoms with van der Waals surface area (Å²) in [6, 6.07) is 0. The number of hydrogen-bond acceptors (Lipinski definition) is 1. The van der Waals surface area contributed by atoms with E-state index >= 15 is 0 Å². The molecule has 0 spiro atoms. The maximum absolute atomic E-state index is 14.3. The van der Waals surface area contributed by atoms with E-state index in [9.17, 15) is 8.78 Å². The predicted molar refractivity (Wildman–Crippen MR) is 50.4 cm³/mol. The van der Waals surface area contributed by atoms with Crippen molar-refractivity contribution in [2.24, 2.45) is 11.1 Å². The SMILES string of the molecule is CC12CC3(N)CC(F)(C1)CC(F)(C2)C3.